The topological polar surface area (TPSA) is 78.3 Å². The van der Waals surface area contributed by atoms with E-state index in [0.29, 0.717) is 29.7 Å². The van der Waals surface area contributed by atoms with Crippen molar-refractivity contribution in [3.63, 3.8) is 0 Å². The number of carbonyl (C=O) groups is 1. The molecule has 8 nitrogen and oxygen atoms in total. The molecule has 0 bridgehead atoms. The van der Waals surface area contributed by atoms with Gasteiger partial charge in [-0.1, -0.05) is 0 Å². The molecular formula is C21H23F2N7O. The molecule has 0 aliphatic carbocycles. The van der Waals surface area contributed by atoms with Crippen molar-refractivity contribution >= 4 is 34.1 Å². The minimum atomic E-state index is -2.73. The van der Waals surface area contributed by atoms with E-state index in [2.05, 4.69) is 25.6 Å². The molecule has 2 amide bonds. The van der Waals surface area contributed by atoms with Gasteiger partial charge < -0.3 is 15.5 Å². The van der Waals surface area contributed by atoms with E-state index in [4.69, 9.17) is 0 Å². The summed E-state index contributed by atoms with van der Waals surface area (Å²) in [6, 6.07) is 4.39. The summed E-state index contributed by atoms with van der Waals surface area (Å²) in [6.07, 6.45) is 1.38. The summed E-state index contributed by atoms with van der Waals surface area (Å²) in [5, 5.41) is 10.9. The van der Waals surface area contributed by atoms with Crippen LogP contribution in [0.5, 0.6) is 0 Å². The van der Waals surface area contributed by atoms with Crippen molar-refractivity contribution in [2.45, 2.75) is 12.8 Å². The molecule has 0 saturated carbocycles. The number of halogens is 2. The van der Waals surface area contributed by atoms with Gasteiger partial charge in [-0.2, -0.15) is 5.10 Å². The maximum absolute atomic E-state index is 13.7. The van der Waals surface area contributed by atoms with Crippen molar-refractivity contribution in [1.29, 1.82) is 0 Å². The van der Waals surface area contributed by atoms with Gasteiger partial charge in [-0.05, 0) is 24.6 Å². The lowest BCUT2D eigenvalue weighted by Gasteiger charge is -2.31. The summed E-state index contributed by atoms with van der Waals surface area (Å²) in [7, 11) is 1.73. The predicted octanol–water partition coefficient (Wildman–Crippen LogP) is 2.91. The number of amides is 2. The van der Waals surface area contributed by atoms with Crippen molar-refractivity contribution in [2.75, 3.05) is 47.8 Å². The maximum Gasteiger partial charge on any atom is 0.327 e. The molecule has 4 heterocycles. The number of nitrogens with one attached hydrogen (secondary N) is 2. The summed E-state index contributed by atoms with van der Waals surface area (Å²) in [5.41, 5.74) is 2.42. The Bertz CT molecular complexity index is 1140. The summed E-state index contributed by atoms with van der Waals surface area (Å²) >= 11 is 0. The third-order valence-corrected chi connectivity index (χ3v) is 5.82. The zero-order chi connectivity index (χ0) is 21.5. The molecule has 2 aliphatic heterocycles. The number of aromatic nitrogens is 3. The summed E-state index contributed by atoms with van der Waals surface area (Å²) in [4.78, 5) is 21.3. The first-order valence-corrected chi connectivity index (χ1v) is 10.3. The van der Waals surface area contributed by atoms with Crippen LogP contribution in [0.2, 0.25) is 0 Å². The van der Waals surface area contributed by atoms with Crippen LogP contribution in [0.1, 0.15) is 17.6 Å². The van der Waals surface area contributed by atoms with Crippen molar-refractivity contribution in [3.05, 3.63) is 41.7 Å². The molecule has 2 aliphatic rings. The lowest BCUT2D eigenvalue weighted by atomic mass is 10.1. The normalized spacial score (nSPS) is 16.3. The van der Waals surface area contributed by atoms with Gasteiger partial charge in [-0.25, -0.2) is 18.6 Å². The van der Waals surface area contributed by atoms with Gasteiger partial charge in [0.1, 0.15) is 5.82 Å². The van der Waals surface area contributed by atoms with Gasteiger partial charge in [0.25, 0.3) is 6.43 Å². The fourth-order valence-corrected chi connectivity index (χ4v) is 4.36. The van der Waals surface area contributed by atoms with Crippen molar-refractivity contribution in [1.82, 2.24) is 20.1 Å². The number of fused-ring (bicyclic) bond motifs is 2. The van der Waals surface area contributed by atoms with Crippen LogP contribution < -0.4 is 20.4 Å². The highest BCUT2D eigenvalue weighted by atomic mass is 19.3. The van der Waals surface area contributed by atoms with Crippen LogP contribution >= 0.6 is 0 Å². The van der Waals surface area contributed by atoms with E-state index in [9.17, 15) is 13.6 Å². The molecule has 3 aromatic rings. The average molecular weight is 427 g/mol. The molecule has 0 atom stereocenters. The number of nitrogens with zero attached hydrogens (tertiary/aromatic N) is 5. The third kappa shape index (κ3) is 3.56. The molecule has 10 heteroatoms. The van der Waals surface area contributed by atoms with E-state index in [1.54, 1.807) is 30.2 Å². The Morgan fingerprint density at radius 1 is 1.23 bits per heavy atom. The molecule has 162 valence electrons. The van der Waals surface area contributed by atoms with Crippen LogP contribution in [0.4, 0.5) is 30.8 Å². The van der Waals surface area contributed by atoms with E-state index in [1.165, 1.54) is 11.0 Å². The third-order valence-electron chi connectivity index (χ3n) is 5.82. The molecule has 0 radical (unpaired) electrons. The zero-order valence-corrected chi connectivity index (χ0v) is 17.1. The Kier molecular flexibility index (Phi) is 4.93. The minimum Gasteiger partial charge on any atom is -0.369 e. The minimum absolute atomic E-state index is 0.0900. The number of rotatable bonds is 3. The Hall–Kier alpha value is -3.27. The second kappa shape index (κ2) is 7.77. The molecule has 1 fully saturated rings. The second-order valence-corrected chi connectivity index (χ2v) is 7.80. The van der Waals surface area contributed by atoms with Gasteiger partial charge in [-0.15, -0.1) is 0 Å². The quantitative estimate of drug-likeness (QED) is 0.672. The number of benzene rings is 1. The Balaban J connectivity index is 1.43. The van der Waals surface area contributed by atoms with Gasteiger partial charge in [0.2, 0.25) is 0 Å². The van der Waals surface area contributed by atoms with Gasteiger partial charge in [0, 0.05) is 74.4 Å². The molecule has 0 unspecified atom stereocenters. The van der Waals surface area contributed by atoms with E-state index >= 15 is 0 Å². The monoisotopic (exact) mass is 427 g/mol. The van der Waals surface area contributed by atoms with Gasteiger partial charge >= 0.3 is 6.03 Å². The number of hydrogen-bond donors (Lipinski definition) is 2. The fraction of sp³-hybridized carbons (Fsp3) is 0.381. The molecule has 0 spiro atoms. The first-order chi connectivity index (χ1) is 15.0. The van der Waals surface area contributed by atoms with Gasteiger partial charge in [0.05, 0.1) is 11.2 Å². The number of aryl methyl sites for hydroxylation is 1. The van der Waals surface area contributed by atoms with Crippen molar-refractivity contribution < 1.29 is 13.6 Å². The van der Waals surface area contributed by atoms with Crippen molar-refractivity contribution in [2.24, 2.45) is 7.05 Å². The highest BCUT2D eigenvalue weighted by Crippen LogP contribution is 2.35. The van der Waals surface area contributed by atoms with E-state index < -0.39 is 12.5 Å². The fourth-order valence-electron chi connectivity index (χ4n) is 4.36. The molecule has 2 aromatic heterocycles. The number of pyridine rings is 1. The molecular weight excluding hydrogens is 404 g/mol. The number of carbonyl (C=O) groups excluding carboxylic acids is 1. The van der Waals surface area contributed by atoms with Crippen LogP contribution in [0, 0.1) is 0 Å². The SMILES string of the molecule is Cn1cc2cc(NC(=O)N3CCc4c(N5CCNCC5)ccnc43)c(C(F)F)cc2n1. The second-order valence-electron chi connectivity index (χ2n) is 7.80. The maximum atomic E-state index is 13.7. The average Bonchev–Trinajstić information content (AvgIpc) is 3.35. The summed E-state index contributed by atoms with van der Waals surface area (Å²) in [6.45, 7) is 4.07. The van der Waals surface area contributed by atoms with Crippen molar-refractivity contribution in [3.8, 4) is 0 Å². The molecule has 1 saturated heterocycles. The lowest BCUT2D eigenvalue weighted by molar-refractivity contribution is 0.152. The highest BCUT2D eigenvalue weighted by Gasteiger charge is 2.30. The van der Waals surface area contributed by atoms with E-state index in [-0.39, 0.29) is 11.3 Å². The van der Waals surface area contributed by atoms with Crippen LogP contribution in [0.15, 0.2) is 30.6 Å². The Morgan fingerprint density at radius 2 is 2.03 bits per heavy atom. The number of anilines is 3. The van der Waals surface area contributed by atoms with Crippen LogP contribution in [-0.4, -0.2) is 53.5 Å². The standard InChI is InChI=1S/C21H23F2N7O/c1-28-12-13-10-17(15(19(22)23)11-16(13)27-28)26-21(31)30-7-3-14-18(2-4-25-20(14)30)29-8-5-24-6-9-29/h2,4,10-12,19,24H,3,5-9H2,1H3,(H,26,31). The molecule has 2 N–H and O–H groups in total. The number of alkyl halides is 2. The van der Waals surface area contributed by atoms with E-state index in [1.807, 2.05) is 6.07 Å². The summed E-state index contributed by atoms with van der Waals surface area (Å²) < 4.78 is 28.9. The first kappa shape index (κ1) is 19.7. The Labute approximate surface area is 177 Å². The molecule has 1 aromatic carbocycles. The summed E-state index contributed by atoms with van der Waals surface area (Å²) in [5.74, 6) is 0.592. The predicted molar refractivity (Wildman–Crippen MR) is 115 cm³/mol. The number of piperazine rings is 1. The highest BCUT2D eigenvalue weighted by molar-refractivity contribution is 6.04. The largest absolute Gasteiger partial charge is 0.369 e. The lowest BCUT2D eigenvalue weighted by Crippen LogP contribution is -2.43. The van der Waals surface area contributed by atoms with Crippen LogP contribution in [0.3, 0.4) is 0 Å². The number of urea groups is 1. The van der Waals surface area contributed by atoms with Crippen LogP contribution in [0.25, 0.3) is 10.9 Å². The zero-order valence-electron chi connectivity index (χ0n) is 17.1. The number of hydrogen-bond acceptors (Lipinski definition) is 5. The van der Waals surface area contributed by atoms with Gasteiger partial charge in [0.15, 0.2) is 0 Å². The van der Waals surface area contributed by atoms with Gasteiger partial charge in [-0.3, -0.25) is 9.58 Å². The molecule has 31 heavy (non-hydrogen) atoms. The van der Waals surface area contributed by atoms with E-state index in [0.717, 1.165) is 37.4 Å². The smallest absolute Gasteiger partial charge is 0.327 e. The Morgan fingerprint density at radius 3 is 2.81 bits per heavy atom. The first-order valence-electron chi connectivity index (χ1n) is 10.3. The molecule has 5 rings (SSSR count). The van der Waals surface area contributed by atoms with Crippen LogP contribution in [-0.2, 0) is 13.5 Å².